The van der Waals surface area contributed by atoms with E-state index in [0.717, 1.165) is 31.4 Å². The lowest BCUT2D eigenvalue weighted by atomic mass is 10.0. The van der Waals surface area contributed by atoms with Crippen LogP contribution < -0.4 is 5.32 Å². The summed E-state index contributed by atoms with van der Waals surface area (Å²) in [5.41, 5.74) is 1.13. The molecule has 0 bridgehead atoms. The Morgan fingerprint density at radius 1 is 1.26 bits per heavy atom. The van der Waals surface area contributed by atoms with Gasteiger partial charge in [-0.25, -0.2) is 4.68 Å². The van der Waals surface area contributed by atoms with Gasteiger partial charge >= 0.3 is 0 Å². The van der Waals surface area contributed by atoms with Crippen LogP contribution in [0, 0.1) is 0 Å². The summed E-state index contributed by atoms with van der Waals surface area (Å²) in [6.45, 7) is 1.20. The first-order valence-corrected chi connectivity index (χ1v) is 9.19. The molecular weight excluding hydrogens is 346 g/mol. The maximum atomic E-state index is 12.6. The summed E-state index contributed by atoms with van der Waals surface area (Å²) in [4.78, 5) is 17.0. The molecular formula is C18H21N7O2. The highest BCUT2D eigenvalue weighted by Gasteiger charge is 2.28. The van der Waals surface area contributed by atoms with Gasteiger partial charge in [0.25, 0.3) is 0 Å². The lowest BCUT2D eigenvalue weighted by Gasteiger charge is -2.12. The topological polar surface area (TPSA) is 112 Å². The van der Waals surface area contributed by atoms with Gasteiger partial charge in [-0.15, -0.1) is 5.10 Å². The Morgan fingerprint density at radius 3 is 3.04 bits per heavy atom. The Hall–Kier alpha value is -3.10. The Balaban J connectivity index is 1.29. The summed E-state index contributed by atoms with van der Waals surface area (Å²) >= 11 is 0. The normalized spacial score (nSPS) is 16.5. The molecule has 27 heavy (non-hydrogen) atoms. The van der Waals surface area contributed by atoms with E-state index >= 15 is 0 Å². The van der Waals surface area contributed by atoms with Crippen LogP contribution in [0.4, 0.5) is 0 Å². The first kappa shape index (κ1) is 17.3. The molecule has 0 fully saturated rings. The van der Waals surface area contributed by atoms with Gasteiger partial charge in [0.15, 0.2) is 11.6 Å². The van der Waals surface area contributed by atoms with Gasteiger partial charge in [0.05, 0.1) is 5.92 Å². The maximum Gasteiger partial charge on any atom is 0.230 e. The Labute approximate surface area is 156 Å². The Bertz CT molecular complexity index is 890. The number of fused-ring (bicyclic) bond motifs is 1. The van der Waals surface area contributed by atoms with Crippen molar-refractivity contribution in [2.24, 2.45) is 0 Å². The highest BCUT2D eigenvalue weighted by Crippen LogP contribution is 2.23. The van der Waals surface area contributed by atoms with Crippen molar-refractivity contribution in [3.05, 3.63) is 53.4 Å². The van der Waals surface area contributed by atoms with Crippen LogP contribution in [-0.4, -0.2) is 42.8 Å². The molecule has 4 rings (SSSR count). The van der Waals surface area contributed by atoms with Gasteiger partial charge < -0.3 is 9.84 Å². The molecule has 1 aliphatic heterocycles. The van der Waals surface area contributed by atoms with Crippen LogP contribution >= 0.6 is 0 Å². The molecule has 1 unspecified atom stereocenters. The zero-order valence-electron chi connectivity index (χ0n) is 14.9. The zero-order valence-corrected chi connectivity index (χ0v) is 14.9. The van der Waals surface area contributed by atoms with E-state index in [-0.39, 0.29) is 11.8 Å². The molecule has 3 aromatic rings. The van der Waals surface area contributed by atoms with Crippen LogP contribution in [0.3, 0.4) is 0 Å². The number of aromatic nitrogens is 6. The third-order valence-corrected chi connectivity index (χ3v) is 4.65. The number of aryl methyl sites for hydroxylation is 1. The third-order valence-electron chi connectivity index (χ3n) is 4.65. The highest BCUT2D eigenvalue weighted by molar-refractivity contribution is 5.82. The number of nitrogens with one attached hydrogen (secondary N) is 1. The molecule has 0 radical (unpaired) electrons. The molecule has 1 aliphatic rings. The molecule has 1 atom stereocenters. The fraction of sp³-hybridized carbons (Fsp3) is 0.444. The van der Waals surface area contributed by atoms with E-state index in [1.807, 2.05) is 30.3 Å². The average Bonchev–Trinajstić information content (AvgIpc) is 3.28. The van der Waals surface area contributed by atoms with Gasteiger partial charge in [0, 0.05) is 25.9 Å². The number of carbonyl (C=O) groups is 1. The molecule has 0 saturated carbocycles. The SMILES string of the molecule is O=C(NCCc1nc(Cc2ccccc2)no1)C1CCCCn2nnnc21. The van der Waals surface area contributed by atoms with E-state index in [1.54, 1.807) is 4.68 Å². The van der Waals surface area contributed by atoms with Gasteiger partial charge in [-0.2, -0.15) is 4.98 Å². The number of amides is 1. The lowest BCUT2D eigenvalue weighted by Crippen LogP contribution is -2.32. The van der Waals surface area contributed by atoms with Gasteiger partial charge in [-0.05, 0) is 28.8 Å². The summed E-state index contributed by atoms with van der Waals surface area (Å²) in [6, 6.07) is 9.99. The van der Waals surface area contributed by atoms with E-state index in [1.165, 1.54) is 0 Å². The number of carbonyl (C=O) groups excluding carboxylic acids is 1. The summed E-state index contributed by atoms with van der Waals surface area (Å²) in [6.07, 6.45) is 3.82. The summed E-state index contributed by atoms with van der Waals surface area (Å²) in [5.74, 6) is 1.45. The maximum absolute atomic E-state index is 12.6. The molecule has 0 spiro atoms. The van der Waals surface area contributed by atoms with E-state index < -0.39 is 0 Å². The lowest BCUT2D eigenvalue weighted by molar-refractivity contribution is -0.122. The number of benzene rings is 1. The van der Waals surface area contributed by atoms with Crippen LogP contribution in [0.15, 0.2) is 34.9 Å². The first-order chi connectivity index (χ1) is 13.3. The summed E-state index contributed by atoms with van der Waals surface area (Å²) in [5, 5.41) is 18.6. The summed E-state index contributed by atoms with van der Waals surface area (Å²) in [7, 11) is 0. The molecule has 1 aromatic carbocycles. The minimum absolute atomic E-state index is 0.0584. The van der Waals surface area contributed by atoms with Crippen molar-refractivity contribution in [2.45, 2.75) is 44.6 Å². The quantitative estimate of drug-likeness (QED) is 0.698. The fourth-order valence-corrected chi connectivity index (χ4v) is 3.27. The highest BCUT2D eigenvalue weighted by atomic mass is 16.5. The Morgan fingerprint density at radius 2 is 2.15 bits per heavy atom. The van der Waals surface area contributed by atoms with Crippen molar-refractivity contribution >= 4 is 5.91 Å². The van der Waals surface area contributed by atoms with Gasteiger partial charge in [0.2, 0.25) is 11.8 Å². The molecule has 1 N–H and O–H groups in total. The molecule has 9 nitrogen and oxygen atoms in total. The number of rotatable bonds is 6. The predicted octanol–water partition coefficient (Wildman–Crippen LogP) is 1.27. The van der Waals surface area contributed by atoms with Crippen LogP contribution in [0.1, 0.15) is 48.3 Å². The standard InChI is InChI=1S/C18H21N7O2/c26-18(14-8-4-5-11-25-17(14)21-23-24-25)19-10-9-16-20-15(22-27-16)12-13-6-2-1-3-7-13/h1-3,6-7,14H,4-5,8-12H2,(H,19,26). The second kappa shape index (κ2) is 8.07. The van der Waals surface area contributed by atoms with Gasteiger partial charge in [0.1, 0.15) is 0 Å². The number of tetrazole rings is 1. The molecule has 3 heterocycles. The second-order valence-electron chi connectivity index (χ2n) is 6.62. The van der Waals surface area contributed by atoms with E-state index in [2.05, 4.69) is 31.0 Å². The first-order valence-electron chi connectivity index (χ1n) is 9.19. The number of hydrogen-bond donors (Lipinski definition) is 1. The fourth-order valence-electron chi connectivity index (χ4n) is 3.27. The smallest absolute Gasteiger partial charge is 0.230 e. The zero-order chi connectivity index (χ0) is 18.5. The average molecular weight is 367 g/mol. The minimum Gasteiger partial charge on any atom is -0.355 e. The molecule has 9 heteroatoms. The van der Waals surface area contributed by atoms with E-state index in [4.69, 9.17) is 4.52 Å². The molecule has 1 amide bonds. The van der Waals surface area contributed by atoms with Crippen LogP contribution in [-0.2, 0) is 24.2 Å². The predicted molar refractivity (Wildman–Crippen MR) is 94.7 cm³/mol. The third kappa shape index (κ3) is 4.18. The van der Waals surface area contributed by atoms with Gasteiger partial charge in [-0.1, -0.05) is 41.9 Å². The van der Waals surface area contributed by atoms with Crippen molar-refractivity contribution in [1.82, 2.24) is 35.7 Å². The minimum atomic E-state index is -0.307. The summed E-state index contributed by atoms with van der Waals surface area (Å²) < 4.78 is 7.01. The van der Waals surface area contributed by atoms with Crippen LogP contribution in [0.2, 0.25) is 0 Å². The van der Waals surface area contributed by atoms with Crippen molar-refractivity contribution < 1.29 is 9.32 Å². The van der Waals surface area contributed by atoms with E-state index in [9.17, 15) is 4.79 Å². The van der Waals surface area contributed by atoms with Gasteiger partial charge in [-0.3, -0.25) is 4.79 Å². The van der Waals surface area contributed by atoms with Crippen molar-refractivity contribution in [3.8, 4) is 0 Å². The number of nitrogens with zero attached hydrogens (tertiary/aromatic N) is 6. The van der Waals surface area contributed by atoms with Crippen LogP contribution in [0.25, 0.3) is 0 Å². The number of hydrogen-bond acceptors (Lipinski definition) is 7. The monoisotopic (exact) mass is 367 g/mol. The van der Waals surface area contributed by atoms with Crippen molar-refractivity contribution in [1.29, 1.82) is 0 Å². The van der Waals surface area contributed by atoms with Crippen molar-refractivity contribution in [3.63, 3.8) is 0 Å². The largest absolute Gasteiger partial charge is 0.355 e. The molecule has 0 saturated heterocycles. The molecule has 140 valence electrons. The second-order valence-corrected chi connectivity index (χ2v) is 6.62. The Kier molecular flexibility index (Phi) is 5.17. The van der Waals surface area contributed by atoms with E-state index in [0.29, 0.717) is 36.9 Å². The molecule has 2 aromatic heterocycles. The van der Waals surface area contributed by atoms with Crippen LogP contribution in [0.5, 0.6) is 0 Å². The molecule has 0 aliphatic carbocycles. The van der Waals surface area contributed by atoms with Crippen molar-refractivity contribution in [2.75, 3.05) is 6.54 Å².